The van der Waals surface area contributed by atoms with E-state index in [2.05, 4.69) is 5.10 Å². The summed E-state index contributed by atoms with van der Waals surface area (Å²) in [6, 6.07) is 1.71. The molecule has 1 aromatic heterocycles. The molecule has 0 bridgehead atoms. The summed E-state index contributed by atoms with van der Waals surface area (Å²) in [5, 5.41) is 13.2. The zero-order valence-corrected chi connectivity index (χ0v) is 10.9. The molecular weight excluding hydrogens is 232 g/mol. The number of likely N-dealkylation sites (N-methyl/N-ethyl adjacent to an activating group) is 1. The first-order valence-electron chi connectivity index (χ1n) is 6.25. The van der Waals surface area contributed by atoms with Gasteiger partial charge in [-0.25, -0.2) is 0 Å². The quantitative estimate of drug-likeness (QED) is 0.809. The first-order chi connectivity index (χ1) is 8.63. The number of hydrogen-bond donors (Lipinski definition) is 1. The lowest BCUT2D eigenvalue weighted by Crippen LogP contribution is -2.52. The summed E-state index contributed by atoms with van der Waals surface area (Å²) in [4.78, 5) is 16.1. The van der Waals surface area contributed by atoms with E-state index in [1.54, 1.807) is 9.58 Å². The number of aliphatic hydroxyl groups is 1. The van der Waals surface area contributed by atoms with Gasteiger partial charge in [-0.05, 0) is 19.9 Å². The van der Waals surface area contributed by atoms with Crippen molar-refractivity contribution in [2.45, 2.75) is 18.9 Å². The van der Waals surface area contributed by atoms with Crippen LogP contribution in [0.5, 0.6) is 0 Å². The third kappa shape index (κ3) is 2.54. The van der Waals surface area contributed by atoms with Crippen LogP contribution in [0.25, 0.3) is 0 Å². The molecule has 1 N–H and O–H groups in total. The number of aryl methyl sites for hydroxylation is 1. The van der Waals surface area contributed by atoms with Crippen LogP contribution in [0.15, 0.2) is 12.3 Å². The minimum atomic E-state index is -0.145. The van der Waals surface area contributed by atoms with Gasteiger partial charge in [-0.1, -0.05) is 0 Å². The SMILES string of the molecule is CN(CCO)C1CCCN(c2ccn(C)n2)C1=O. The second-order valence-corrected chi connectivity index (χ2v) is 4.70. The number of hydrogen-bond acceptors (Lipinski definition) is 4. The number of rotatable bonds is 4. The fourth-order valence-corrected chi connectivity index (χ4v) is 2.35. The van der Waals surface area contributed by atoms with Crippen LogP contribution >= 0.6 is 0 Å². The molecule has 1 saturated heterocycles. The second kappa shape index (κ2) is 5.49. The van der Waals surface area contributed by atoms with Crippen LogP contribution < -0.4 is 4.90 Å². The number of carbonyl (C=O) groups is 1. The van der Waals surface area contributed by atoms with Gasteiger partial charge in [-0.15, -0.1) is 0 Å². The third-order valence-corrected chi connectivity index (χ3v) is 3.37. The fourth-order valence-electron chi connectivity index (χ4n) is 2.35. The van der Waals surface area contributed by atoms with Crippen molar-refractivity contribution in [2.75, 3.05) is 31.6 Å². The molecule has 100 valence electrons. The molecule has 1 fully saturated rings. The van der Waals surface area contributed by atoms with Gasteiger partial charge in [0.05, 0.1) is 12.6 Å². The van der Waals surface area contributed by atoms with Crippen LogP contribution in [0.4, 0.5) is 5.82 Å². The maximum Gasteiger partial charge on any atom is 0.245 e. The number of anilines is 1. The Hall–Kier alpha value is -1.40. The summed E-state index contributed by atoms with van der Waals surface area (Å²) in [5.74, 6) is 0.792. The van der Waals surface area contributed by atoms with Crippen molar-refractivity contribution in [1.29, 1.82) is 0 Å². The lowest BCUT2D eigenvalue weighted by Gasteiger charge is -2.35. The van der Waals surface area contributed by atoms with Crippen molar-refractivity contribution in [2.24, 2.45) is 7.05 Å². The molecule has 1 amide bonds. The first-order valence-corrected chi connectivity index (χ1v) is 6.25. The maximum atomic E-state index is 12.4. The lowest BCUT2D eigenvalue weighted by molar-refractivity contribution is -0.125. The molecule has 1 aliphatic heterocycles. The number of amides is 1. The van der Waals surface area contributed by atoms with Gasteiger partial charge < -0.3 is 5.11 Å². The van der Waals surface area contributed by atoms with Gasteiger partial charge in [0.15, 0.2) is 5.82 Å². The van der Waals surface area contributed by atoms with Crippen LogP contribution in [-0.4, -0.2) is 58.5 Å². The van der Waals surface area contributed by atoms with Gasteiger partial charge in [0.2, 0.25) is 5.91 Å². The minimum absolute atomic E-state index is 0.0733. The van der Waals surface area contributed by atoms with Crippen LogP contribution in [-0.2, 0) is 11.8 Å². The molecule has 18 heavy (non-hydrogen) atoms. The van der Waals surface area contributed by atoms with Crippen molar-refractivity contribution in [1.82, 2.24) is 14.7 Å². The van der Waals surface area contributed by atoms with Gasteiger partial charge in [0.25, 0.3) is 0 Å². The summed E-state index contributed by atoms with van der Waals surface area (Å²) in [7, 11) is 3.72. The Balaban J connectivity index is 2.11. The third-order valence-electron chi connectivity index (χ3n) is 3.37. The van der Waals surface area contributed by atoms with Crippen LogP contribution in [0.3, 0.4) is 0 Å². The Bertz CT molecular complexity index is 418. The summed E-state index contributed by atoms with van der Waals surface area (Å²) in [6.45, 7) is 1.32. The van der Waals surface area contributed by atoms with E-state index in [1.807, 2.05) is 31.3 Å². The van der Waals surface area contributed by atoms with Gasteiger partial charge in [0, 0.05) is 32.4 Å². The van der Waals surface area contributed by atoms with Gasteiger partial charge >= 0.3 is 0 Å². The predicted octanol–water partition coefficient (Wildman–Crippen LogP) is -0.160. The number of carbonyl (C=O) groups excluding carboxylic acids is 1. The molecule has 1 unspecified atom stereocenters. The van der Waals surface area contributed by atoms with E-state index in [4.69, 9.17) is 5.11 Å². The highest BCUT2D eigenvalue weighted by Crippen LogP contribution is 2.21. The number of aliphatic hydroxyl groups excluding tert-OH is 1. The van der Waals surface area contributed by atoms with E-state index in [1.165, 1.54) is 0 Å². The summed E-state index contributed by atoms with van der Waals surface area (Å²) >= 11 is 0. The minimum Gasteiger partial charge on any atom is -0.395 e. The molecule has 1 aliphatic rings. The Morgan fingerprint density at radius 1 is 1.61 bits per heavy atom. The van der Waals surface area contributed by atoms with Crippen molar-refractivity contribution in [3.8, 4) is 0 Å². The van der Waals surface area contributed by atoms with Crippen molar-refractivity contribution >= 4 is 11.7 Å². The number of piperidine rings is 1. The molecule has 0 saturated carbocycles. The fraction of sp³-hybridized carbons (Fsp3) is 0.667. The van der Waals surface area contributed by atoms with E-state index < -0.39 is 0 Å². The van der Waals surface area contributed by atoms with E-state index in [0.717, 1.165) is 19.4 Å². The Labute approximate surface area is 107 Å². The Kier molecular flexibility index (Phi) is 3.98. The lowest BCUT2D eigenvalue weighted by atomic mass is 10.0. The van der Waals surface area contributed by atoms with E-state index in [9.17, 15) is 4.79 Å². The molecule has 0 radical (unpaired) electrons. The zero-order chi connectivity index (χ0) is 13.1. The van der Waals surface area contributed by atoms with E-state index in [0.29, 0.717) is 12.4 Å². The van der Waals surface area contributed by atoms with E-state index >= 15 is 0 Å². The average Bonchev–Trinajstić information content (AvgIpc) is 2.76. The van der Waals surface area contributed by atoms with Gasteiger partial charge in [-0.2, -0.15) is 5.10 Å². The predicted molar refractivity (Wildman–Crippen MR) is 68.3 cm³/mol. The number of aromatic nitrogens is 2. The topological polar surface area (TPSA) is 61.6 Å². The normalized spacial score (nSPS) is 20.8. The van der Waals surface area contributed by atoms with Crippen LogP contribution in [0.1, 0.15) is 12.8 Å². The van der Waals surface area contributed by atoms with Crippen molar-refractivity contribution in [3.05, 3.63) is 12.3 Å². The molecule has 6 nitrogen and oxygen atoms in total. The summed E-state index contributed by atoms with van der Waals surface area (Å²) in [6.07, 6.45) is 3.64. The highest BCUT2D eigenvalue weighted by atomic mass is 16.3. The molecule has 2 heterocycles. The highest BCUT2D eigenvalue weighted by molar-refractivity contribution is 5.97. The van der Waals surface area contributed by atoms with Gasteiger partial charge in [-0.3, -0.25) is 19.3 Å². The molecule has 1 atom stereocenters. The zero-order valence-electron chi connectivity index (χ0n) is 10.9. The molecule has 0 aliphatic carbocycles. The molecule has 6 heteroatoms. The van der Waals surface area contributed by atoms with Crippen LogP contribution in [0, 0.1) is 0 Å². The first kappa shape index (κ1) is 13.0. The second-order valence-electron chi connectivity index (χ2n) is 4.70. The summed E-state index contributed by atoms with van der Waals surface area (Å²) < 4.78 is 1.70. The summed E-state index contributed by atoms with van der Waals surface area (Å²) in [5.41, 5.74) is 0. The monoisotopic (exact) mass is 252 g/mol. The molecule has 0 aromatic carbocycles. The van der Waals surface area contributed by atoms with Crippen molar-refractivity contribution < 1.29 is 9.90 Å². The highest BCUT2D eigenvalue weighted by Gasteiger charge is 2.32. The van der Waals surface area contributed by atoms with E-state index in [-0.39, 0.29) is 18.6 Å². The standard InChI is InChI=1S/C12H20N4O2/c1-14(8-9-17)10-4-3-6-16(12(10)18)11-5-7-15(2)13-11/h5,7,10,17H,3-4,6,8-9H2,1-2H3. The molecular formula is C12H20N4O2. The smallest absolute Gasteiger partial charge is 0.245 e. The maximum absolute atomic E-state index is 12.4. The van der Waals surface area contributed by atoms with Crippen molar-refractivity contribution in [3.63, 3.8) is 0 Å². The number of nitrogens with zero attached hydrogens (tertiary/aromatic N) is 4. The Morgan fingerprint density at radius 2 is 2.39 bits per heavy atom. The van der Waals surface area contributed by atoms with Gasteiger partial charge in [0.1, 0.15) is 0 Å². The average molecular weight is 252 g/mol. The molecule has 0 spiro atoms. The molecule has 2 rings (SSSR count). The van der Waals surface area contributed by atoms with Crippen LogP contribution in [0.2, 0.25) is 0 Å². The Morgan fingerprint density at radius 3 is 3.00 bits per heavy atom. The molecule has 1 aromatic rings. The largest absolute Gasteiger partial charge is 0.395 e.